The predicted molar refractivity (Wildman–Crippen MR) is 147 cm³/mol. The smallest absolute Gasteiger partial charge is 0.138 e. The molecule has 4 nitrogen and oxygen atoms in total. The third-order valence-corrected chi connectivity index (χ3v) is 7.13. The maximum absolute atomic E-state index is 6.72. The highest BCUT2D eigenvalue weighted by Crippen LogP contribution is 2.41. The van der Waals surface area contributed by atoms with Gasteiger partial charge in [-0.25, -0.2) is 0 Å². The number of nitrogens with one attached hydrogen (secondary N) is 1. The monoisotopic (exact) mass is 485 g/mol. The van der Waals surface area contributed by atoms with Gasteiger partial charge in [-0.15, -0.1) is 0 Å². The van der Waals surface area contributed by atoms with Crippen molar-refractivity contribution in [3.05, 3.63) is 76.9 Å². The fourth-order valence-corrected chi connectivity index (χ4v) is 5.36. The van der Waals surface area contributed by atoms with Crippen molar-refractivity contribution in [2.24, 2.45) is 0 Å². The number of ether oxygens (including phenoxy) is 1. The maximum atomic E-state index is 6.72. The zero-order valence-electron chi connectivity index (χ0n) is 20.4. The maximum Gasteiger partial charge on any atom is 0.138 e. The second kappa shape index (κ2) is 10.3. The normalized spacial score (nSPS) is 15.9. The molecule has 5 heteroatoms. The Kier molecular flexibility index (Phi) is 6.94. The molecule has 1 fully saturated rings. The Balaban J connectivity index is 1.62. The molecule has 1 saturated heterocycles. The summed E-state index contributed by atoms with van der Waals surface area (Å²) in [7, 11) is 0. The largest absolute Gasteiger partial charge is 0.492 e. The molecule has 1 atom stereocenters. The molecule has 5 rings (SSSR count). The Hall–Kier alpha value is -3.08. The lowest BCUT2D eigenvalue weighted by Crippen LogP contribution is -2.35. The third kappa shape index (κ3) is 5.14. The molecule has 0 saturated carbocycles. The molecule has 0 bridgehead atoms. The summed E-state index contributed by atoms with van der Waals surface area (Å²) in [6.07, 6.45) is 6.64. The van der Waals surface area contributed by atoms with E-state index < -0.39 is 0 Å². The number of halogens is 1. The lowest BCUT2D eigenvalue weighted by atomic mass is 9.97. The molecule has 0 spiro atoms. The van der Waals surface area contributed by atoms with Crippen LogP contribution in [0.4, 0.5) is 5.69 Å². The minimum absolute atomic E-state index is 0.510. The van der Waals surface area contributed by atoms with Crippen molar-refractivity contribution < 1.29 is 4.74 Å². The highest BCUT2D eigenvalue weighted by atomic mass is 35.5. The number of hydrogen-bond donors (Lipinski definition) is 2. The summed E-state index contributed by atoms with van der Waals surface area (Å²) in [6.45, 7) is 5.98. The second-order valence-corrected chi connectivity index (χ2v) is 10.0. The molecule has 0 amide bonds. The van der Waals surface area contributed by atoms with Crippen LogP contribution in [-0.2, 0) is 0 Å². The molecule has 3 N–H and O–H groups in total. The van der Waals surface area contributed by atoms with Gasteiger partial charge >= 0.3 is 0 Å². The van der Waals surface area contributed by atoms with Gasteiger partial charge in [0.1, 0.15) is 5.75 Å². The Morgan fingerprint density at radius 3 is 2.54 bits per heavy atom. The third-order valence-electron chi connectivity index (χ3n) is 6.82. The number of pyridine rings is 1. The second-order valence-electron chi connectivity index (χ2n) is 9.60. The minimum Gasteiger partial charge on any atom is -0.492 e. The average molecular weight is 486 g/mol. The fourth-order valence-electron chi connectivity index (χ4n) is 5.10. The van der Waals surface area contributed by atoms with E-state index in [2.05, 4.69) is 43.4 Å². The van der Waals surface area contributed by atoms with Crippen LogP contribution in [-0.4, -0.2) is 24.2 Å². The van der Waals surface area contributed by atoms with E-state index in [4.69, 9.17) is 27.1 Å². The Morgan fingerprint density at radius 1 is 1.00 bits per heavy atom. The molecule has 1 aliphatic heterocycles. The number of piperidine rings is 1. The lowest BCUT2D eigenvalue weighted by molar-refractivity contribution is 0.271. The number of nitrogens with zero attached hydrogens (tertiary/aromatic N) is 1. The van der Waals surface area contributed by atoms with Gasteiger partial charge in [0.05, 0.1) is 17.1 Å². The van der Waals surface area contributed by atoms with Crippen molar-refractivity contribution in [2.45, 2.75) is 45.6 Å². The van der Waals surface area contributed by atoms with Crippen molar-refractivity contribution in [1.82, 2.24) is 10.3 Å². The van der Waals surface area contributed by atoms with Crippen LogP contribution in [0.5, 0.6) is 5.75 Å². The zero-order chi connectivity index (χ0) is 24.4. The van der Waals surface area contributed by atoms with E-state index in [1.165, 1.54) is 30.4 Å². The van der Waals surface area contributed by atoms with E-state index in [0.29, 0.717) is 23.4 Å². The van der Waals surface area contributed by atoms with Crippen molar-refractivity contribution in [3.8, 4) is 28.0 Å². The summed E-state index contributed by atoms with van der Waals surface area (Å²) in [6, 6.07) is 18.9. The summed E-state index contributed by atoms with van der Waals surface area (Å²) in [4.78, 5) is 4.79. The van der Waals surface area contributed by atoms with Crippen LogP contribution >= 0.6 is 11.6 Å². The average Bonchev–Trinajstić information content (AvgIpc) is 2.84. The first-order valence-electron chi connectivity index (χ1n) is 12.4. The van der Waals surface area contributed by atoms with Gasteiger partial charge in [0, 0.05) is 40.0 Å². The molecule has 0 radical (unpaired) electrons. The number of benzene rings is 3. The SMILES string of the molecule is Cc1cc(C)cc(-c2cnc3cc(Cl)c(-c4ccccc4N)cc3c2OCCC2CCCCN2)c1. The number of nitrogen functional groups attached to an aromatic ring is 1. The van der Waals surface area contributed by atoms with Crippen molar-refractivity contribution in [1.29, 1.82) is 0 Å². The molecule has 1 aromatic heterocycles. The van der Waals surface area contributed by atoms with Gasteiger partial charge in [0.2, 0.25) is 0 Å². The molecule has 3 aromatic carbocycles. The molecule has 35 heavy (non-hydrogen) atoms. The van der Waals surface area contributed by atoms with Crippen LogP contribution in [0.25, 0.3) is 33.2 Å². The first-order chi connectivity index (χ1) is 17.0. The van der Waals surface area contributed by atoms with Crippen molar-refractivity contribution in [3.63, 3.8) is 0 Å². The highest BCUT2D eigenvalue weighted by molar-refractivity contribution is 6.34. The Labute approximate surface area is 212 Å². The van der Waals surface area contributed by atoms with Gasteiger partial charge in [-0.3, -0.25) is 4.98 Å². The first-order valence-corrected chi connectivity index (χ1v) is 12.8. The van der Waals surface area contributed by atoms with Crippen LogP contribution in [0.15, 0.2) is 60.8 Å². The van der Waals surface area contributed by atoms with Gasteiger partial charge in [-0.1, -0.05) is 65.5 Å². The lowest BCUT2D eigenvalue weighted by Gasteiger charge is -2.24. The number of hydrogen-bond acceptors (Lipinski definition) is 4. The summed E-state index contributed by atoms with van der Waals surface area (Å²) in [5, 5.41) is 5.19. The molecule has 2 heterocycles. The number of para-hydroxylation sites is 1. The topological polar surface area (TPSA) is 60.2 Å². The van der Waals surface area contributed by atoms with E-state index in [0.717, 1.165) is 51.9 Å². The van der Waals surface area contributed by atoms with E-state index >= 15 is 0 Å². The summed E-state index contributed by atoms with van der Waals surface area (Å²) < 4.78 is 6.59. The predicted octanol–water partition coefficient (Wildman–Crippen LogP) is 7.33. The van der Waals surface area contributed by atoms with Gasteiger partial charge in [-0.05, 0) is 63.4 Å². The highest BCUT2D eigenvalue weighted by Gasteiger charge is 2.18. The van der Waals surface area contributed by atoms with E-state index in [1.807, 2.05) is 36.5 Å². The number of rotatable bonds is 6. The standard InChI is InChI=1S/C30H32ClN3O/c1-19-13-20(2)15-21(14-19)26-18-34-29-17-27(31)24(23-8-3-4-9-28(23)32)16-25(29)30(26)35-12-10-22-7-5-6-11-33-22/h3-4,8-9,13-18,22,33H,5-7,10-12,32H2,1-2H3. The van der Waals surface area contributed by atoms with Gasteiger partial charge in [0.15, 0.2) is 0 Å². The number of nitrogens with two attached hydrogens (primary N) is 1. The number of anilines is 1. The molecule has 0 aliphatic carbocycles. The van der Waals surface area contributed by atoms with Gasteiger partial charge in [-0.2, -0.15) is 0 Å². The quantitative estimate of drug-likeness (QED) is 0.280. The van der Waals surface area contributed by atoms with Crippen LogP contribution in [0.2, 0.25) is 5.02 Å². The minimum atomic E-state index is 0.510. The van der Waals surface area contributed by atoms with Crippen LogP contribution < -0.4 is 15.8 Å². The molecular formula is C30H32ClN3O. The molecule has 1 unspecified atom stereocenters. The zero-order valence-corrected chi connectivity index (χ0v) is 21.2. The van der Waals surface area contributed by atoms with Crippen LogP contribution in [0, 0.1) is 13.8 Å². The van der Waals surface area contributed by atoms with Gasteiger partial charge in [0.25, 0.3) is 0 Å². The van der Waals surface area contributed by atoms with E-state index in [9.17, 15) is 0 Å². The summed E-state index contributed by atoms with van der Waals surface area (Å²) in [5.74, 6) is 0.850. The fraction of sp³-hybridized carbons (Fsp3) is 0.300. The first kappa shape index (κ1) is 23.7. The number of aromatic nitrogens is 1. The van der Waals surface area contributed by atoms with Gasteiger partial charge < -0.3 is 15.8 Å². The van der Waals surface area contributed by atoms with Crippen LogP contribution in [0.1, 0.15) is 36.8 Å². The van der Waals surface area contributed by atoms with Crippen molar-refractivity contribution in [2.75, 3.05) is 18.9 Å². The Bertz CT molecular complexity index is 1340. The molecule has 4 aromatic rings. The molecular weight excluding hydrogens is 454 g/mol. The van der Waals surface area contributed by atoms with E-state index in [1.54, 1.807) is 0 Å². The van der Waals surface area contributed by atoms with Crippen molar-refractivity contribution >= 4 is 28.2 Å². The molecule has 1 aliphatic rings. The summed E-state index contributed by atoms with van der Waals surface area (Å²) >= 11 is 6.72. The number of aryl methyl sites for hydroxylation is 2. The molecule has 180 valence electrons. The Morgan fingerprint density at radius 2 is 1.80 bits per heavy atom. The number of fused-ring (bicyclic) bond motifs is 1. The van der Waals surface area contributed by atoms with Crippen LogP contribution in [0.3, 0.4) is 0 Å². The summed E-state index contributed by atoms with van der Waals surface area (Å²) in [5.41, 5.74) is 14.1. The van der Waals surface area contributed by atoms with E-state index in [-0.39, 0.29) is 0 Å².